The van der Waals surface area contributed by atoms with Gasteiger partial charge in [-0.05, 0) is 19.1 Å². The van der Waals surface area contributed by atoms with Crippen LogP contribution < -0.4 is 15.8 Å². The van der Waals surface area contributed by atoms with E-state index in [0.717, 1.165) is 22.3 Å². The van der Waals surface area contributed by atoms with Gasteiger partial charge in [0.25, 0.3) is 0 Å². The van der Waals surface area contributed by atoms with Crippen LogP contribution in [0.5, 0.6) is 5.88 Å². The number of ether oxygens (including phenoxy) is 1. The molecule has 0 unspecified atom stereocenters. The average Bonchev–Trinajstić information content (AvgIpc) is 2.50. The molecular formula is C15H15N5O. The van der Waals surface area contributed by atoms with E-state index >= 15 is 0 Å². The molecule has 0 spiro atoms. The van der Waals surface area contributed by atoms with Crippen molar-refractivity contribution < 1.29 is 4.74 Å². The van der Waals surface area contributed by atoms with Crippen molar-refractivity contribution >= 4 is 28.1 Å². The number of aromatic nitrogens is 3. The number of aryl methyl sites for hydroxylation is 1. The van der Waals surface area contributed by atoms with Crippen molar-refractivity contribution in [3.63, 3.8) is 0 Å². The second-order valence-electron chi connectivity index (χ2n) is 4.60. The van der Waals surface area contributed by atoms with Gasteiger partial charge in [0, 0.05) is 11.1 Å². The number of para-hydroxylation sites is 1. The van der Waals surface area contributed by atoms with E-state index in [1.807, 2.05) is 37.3 Å². The third-order valence-corrected chi connectivity index (χ3v) is 3.15. The molecule has 0 saturated carbocycles. The minimum Gasteiger partial charge on any atom is -0.479 e. The number of benzene rings is 1. The zero-order valence-corrected chi connectivity index (χ0v) is 11.8. The molecule has 3 rings (SSSR count). The minimum atomic E-state index is 0.344. The van der Waals surface area contributed by atoms with Gasteiger partial charge in [-0.25, -0.2) is 4.98 Å². The van der Waals surface area contributed by atoms with E-state index in [0.29, 0.717) is 17.4 Å². The summed E-state index contributed by atoms with van der Waals surface area (Å²) in [5, 5.41) is 4.24. The highest BCUT2D eigenvalue weighted by Gasteiger charge is 2.10. The van der Waals surface area contributed by atoms with Crippen molar-refractivity contribution in [3.05, 3.63) is 42.4 Å². The lowest BCUT2D eigenvalue weighted by atomic mass is 10.1. The van der Waals surface area contributed by atoms with Crippen molar-refractivity contribution in [2.24, 2.45) is 0 Å². The molecule has 0 radical (unpaired) electrons. The van der Waals surface area contributed by atoms with Crippen LogP contribution in [-0.2, 0) is 0 Å². The van der Waals surface area contributed by atoms with Crippen LogP contribution in [0.25, 0.3) is 10.9 Å². The fourth-order valence-corrected chi connectivity index (χ4v) is 2.11. The normalized spacial score (nSPS) is 10.6. The lowest BCUT2D eigenvalue weighted by Crippen LogP contribution is -2.03. The zero-order chi connectivity index (χ0) is 14.8. The van der Waals surface area contributed by atoms with E-state index in [2.05, 4.69) is 20.3 Å². The van der Waals surface area contributed by atoms with E-state index in [1.165, 1.54) is 13.4 Å². The van der Waals surface area contributed by atoms with Crippen LogP contribution in [0, 0.1) is 6.92 Å². The highest BCUT2D eigenvalue weighted by molar-refractivity contribution is 5.93. The van der Waals surface area contributed by atoms with Crippen LogP contribution in [0.4, 0.5) is 17.2 Å². The summed E-state index contributed by atoms with van der Waals surface area (Å²) < 4.78 is 5.10. The first kappa shape index (κ1) is 13.1. The van der Waals surface area contributed by atoms with Crippen molar-refractivity contribution in [2.75, 3.05) is 18.2 Å². The quantitative estimate of drug-likeness (QED) is 0.767. The first-order valence-corrected chi connectivity index (χ1v) is 6.47. The van der Waals surface area contributed by atoms with Crippen LogP contribution in [0.2, 0.25) is 0 Å². The second kappa shape index (κ2) is 5.24. The summed E-state index contributed by atoms with van der Waals surface area (Å²) in [5.41, 5.74) is 9.00. The number of rotatable bonds is 3. The Kier molecular flexibility index (Phi) is 3.27. The molecule has 0 amide bonds. The summed E-state index contributed by atoms with van der Waals surface area (Å²) in [6.45, 7) is 1.96. The van der Waals surface area contributed by atoms with Gasteiger partial charge in [-0.1, -0.05) is 18.2 Å². The third kappa shape index (κ3) is 2.43. The number of nitrogens with one attached hydrogen (secondary N) is 1. The maximum Gasteiger partial charge on any atom is 0.242 e. The van der Waals surface area contributed by atoms with Gasteiger partial charge < -0.3 is 15.8 Å². The zero-order valence-electron chi connectivity index (χ0n) is 11.8. The third-order valence-electron chi connectivity index (χ3n) is 3.15. The van der Waals surface area contributed by atoms with Crippen LogP contribution in [-0.4, -0.2) is 22.1 Å². The molecule has 6 nitrogen and oxygen atoms in total. The number of fused-ring (bicyclic) bond motifs is 1. The van der Waals surface area contributed by atoms with E-state index in [4.69, 9.17) is 10.5 Å². The Morgan fingerprint density at radius 1 is 1.14 bits per heavy atom. The molecule has 106 valence electrons. The Hall–Kier alpha value is -2.89. The van der Waals surface area contributed by atoms with Crippen LogP contribution in [0.1, 0.15) is 5.69 Å². The molecule has 3 aromatic rings. The predicted molar refractivity (Wildman–Crippen MR) is 82.8 cm³/mol. The van der Waals surface area contributed by atoms with Gasteiger partial charge in [0.05, 0.1) is 18.3 Å². The molecule has 0 atom stereocenters. The summed E-state index contributed by atoms with van der Waals surface area (Å²) in [5.74, 6) is 0.842. The summed E-state index contributed by atoms with van der Waals surface area (Å²) in [6.07, 6.45) is 1.40. The summed E-state index contributed by atoms with van der Waals surface area (Å²) in [4.78, 5) is 12.7. The number of nitrogen functional groups attached to an aromatic ring is 1. The van der Waals surface area contributed by atoms with E-state index < -0.39 is 0 Å². The highest BCUT2D eigenvalue weighted by atomic mass is 16.5. The summed E-state index contributed by atoms with van der Waals surface area (Å²) in [7, 11) is 1.52. The second-order valence-corrected chi connectivity index (χ2v) is 4.60. The average molecular weight is 281 g/mol. The molecule has 3 N–H and O–H groups in total. The van der Waals surface area contributed by atoms with E-state index in [9.17, 15) is 0 Å². The van der Waals surface area contributed by atoms with Gasteiger partial charge in [-0.2, -0.15) is 4.98 Å². The summed E-state index contributed by atoms with van der Waals surface area (Å²) in [6, 6.07) is 9.91. The van der Waals surface area contributed by atoms with Crippen molar-refractivity contribution in [3.8, 4) is 5.88 Å². The standard InChI is InChI=1S/C15H15N5O/c1-9-6-7-10-4-3-5-11(13(10)19-9)20-14-12(16)15(21-2)18-8-17-14/h3-8H,16H2,1-2H3,(H,17,18,20). The molecule has 0 aliphatic rings. The molecule has 21 heavy (non-hydrogen) atoms. The van der Waals surface area contributed by atoms with Crippen LogP contribution >= 0.6 is 0 Å². The van der Waals surface area contributed by atoms with Gasteiger partial charge in [0.2, 0.25) is 5.88 Å². The van der Waals surface area contributed by atoms with Gasteiger partial charge in [0.1, 0.15) is 12.0 Å². The SMILES string of the molecule is COc1ncnc(Nc2cccc3ccc(C)nc23)c1N. The van der Waals surface area contributed by atoms with Crippen molar-refractivity contribution in [2.45, 2.75) is 6.92 Å². The van der Waals surface area contributed by atoms with Crippen molar-refractivity contribution in [1.29, 1.82) is 0 Å². The highest BCUT2D eigenvalue weighted by Crippen LogP contribution is 2.30. The van der Waals surface area contributed by atoms with E-state index in [1.54, 1.807) is 0 Å². The lowest BCUT2D eigenvalue weighted by Gasteiger charge is -2.12. The molecule has 0 aliphatic heterocycles. The van der Waals surface area contributed by atoms with Gasteiger partial charge in [0.15, 0.2) is 5.82 Å². The maximum absolute atomic E-state index is 5.98. The number of anilines is 3. The predicted octanol–water partition coefficient (Wildman–Crippen LogP) is 2.67. The maximum atomic E-state index is 5.98. The Bertz CT molecular complexity index is 803. The minimum absolute atomic E-state index is 0.344. The van der Waals surface area contributed by atoms with Crippen LogP contribution in [0.3, 0.4) is 0 Å². The Balaban J connectivity index is 2.08. The largest absolute Gasteiger partial charge is 0.479 e. The summed E-state index contributed by atoms with van der Waals surface area (Å²) >= 11 is 0. The number of hydrogen-bond acceptors (Lipinski definition) is 6. The van der Waals surface area contributed by atoms with Gasteiger partial charge >= 0.3 is 0 Å². The monoisotopic (exact) mass is 281 g/mol. The molecular weight excluding hydrogens is 266 g/mol. The molecule has 0 aliphatic carbocycles. The topological polar surface area (TPSA) is 86.0 Å². The fourth-order valence-electron chi connectivity index (χ4n) is 2.11. The Labute approximate surface area is 122 Å². The molecule has 6 heteroatoms. The first-order chi connectivity index (χ1) is 10.2. The Morgan fingerprint density at radius 2 is 2.00 bits per heavy atom. The van der Waals surface area contributed by atoms with Gasteiger partial charge in [-0.15, -0.1) is 0 Å². The number of pyridine rings is 1. The first-order valence-electron chi connectivity index (χ1n) is 6.47. The molecule has 0 fully saturated rings. The molecule has 2 aromatic heterocycles. The number of nitrogens with zero attached hydrogens (tertiary/aromatic N) is 3. The van der Waals surface area contributed by atoms with E-state index in [-0.39, 0.29) is 0 Å². The molecule has 1 aromatic carbocycles. The Morgan fingerprint density at radius 3 is 2.81 bits per heavy atom. The molecule has 2 heterocycles. The fraction of sp³-hybridized carbons (Fsp3) is 0.133. The number of nitrogens with two attached hydrogens (primary N) is 1. The smallest absolute Gasteiger partial charge is 0.242 e. The lowest BCUT2D eigenvalue weighted by molar-refractivity contribution is 0.399. The number of hydrogen-bond donors (Lipinski definition) is 2. The van der Waals surface area contributed by atoms with Gasteiger partial charge in [-0.3, -0.25) is 4.98 Å². The molecule has 0 bridgehead atoms. The molecule has 0 saturated heterocycles. The number of methoxy groups -OCH3 is 1. The van der Waals surface area contributed by atoms with Crippen LogP contribution in [0.15, 0.2) is 36.7 Å². The van der Waals surface area contributed by atoms with Crippen molar-refractivity contribution in [1.82, 2.24) is 15.0 Å².